The number of benzene rings is 2. The van der Waals surface area contributed by atoms with Crippen molar-refractivity contribution in [2.75, 3.05) is 6.61 Å². The molecule has 1 aliphatic carbocycles. The number of nitrogens with one attached hydrogen (secondary N) is 1. The van der Waals surface area contributed by atoms with Crippen LogP contribution >= 0.6 is 45.8 Å². The molecule has 0 spiro atoms. The minimum absolute atomic E-state index is 0.118. The molecule has 1 N–H and O–H groups in total. The lowest BCUT2D eigenvalue weighted by atomic mass is 10.1. The van der Waals surface area contributed by atoms with E-state index in [0.29, 0.717) is 21.4 Å². The van der Waals surface area contributed by atoms with E-state index in [1.165, 1.54) is 4.90 Å². The van der Waals surface area contributed by atoms with Crippen LogP contribution in [0.4, 0.5) is 0 Å². The van der Waals surface area contributed by atoms with E-state index in [1.54, 1.807) is 37.3 Å². The molecular formula is C23H25Cl2IN2O3. The van der Waals surface area contributed by atoms with Gasteiger partial charge in [0.25, 0.3) is 5.91 Å². The lowest BCUT2D eigenvalue weighted by Crippen LogP contribution is -2.50. The molecule has 2 amide bonds. The number of nitrogens with zero attached hydrogens (tertiary/aromatic N) is 1. The second kappa shape index (κ2) is 11.4. The van der Waals surface area contributed by atoms with Gasteiger partial charge in [-0.3, -0.25) is 9.59 Å². The van der Waals surface area contributed by atoms with Crippen LogP contribution in [0, 0.1) is 3.57 Å². The predicted octanol–water partition coefficient (Wildman–Crippen LogP) is 5.45. The molecule has 1 atom stereocenters. The van der Waals surface area contributed by atoms with E-state index in [2.05, 4.69) is 27.9 Å². The van der Waals surface area contributed by atoms with Crippen LogP contribution < -0.4 is 10.1 Å². The zero-order valence-corrected chi connectivity index (χ0v) is 20.9. The van der Waals surface area contributed by atoms with Crippen LogP contribution in [0.25, 0.3) is 0 Å². The molecule has 1 saturated carbocycles. The Hall–Kier alpha value is -1.51. The zero-order valence-electron chi connectivity index (χ0n) is 17.2. The lowest BCUT2D eigenvalue weighted by molar-refractivity contribution is -0.142. The summed E-state index contributed by atoms with van der Waals surface area (Å²) in [6.45, 7) is 1.65. The second-order valence-corrected chi connectivity index (χ2v) is 9.69. The van der Waals surface area contributed by atoms with Crippen molar-refractivity contribution >= 4 is 57.6 Å². The minimum Gasteiger partial charge on any atom is -0.484 e. The Balaban J connectivity index is 1.75. The van der Waals surface area contributed by atoms with Gasteiger partial charge in [-0.1, -0.05) is 42.1 Å². The van der Waals surface area contributed by atoms with Gasteiger partial charge in [-0.25, -0.2) is 0 Å². The molecule has 0 bridgehead atoms. The molecule has 1 fully saturated rings. The molecule has 0 aromatic heterocycles. The van der Waals surface area contributed by atoms with Crippen molar-refractivity contribution in [2.45, 2.75) is 51.2 Å². The Morgan fingerprint density at radius 1 is 1.13 bits per heavy atom. The van der Waals surface area contributed by atoms with Crippen LogP contribution in [-0.4, -0.2) is 35.4 Å². The molecule has 0 saturated heterocycles. The third-order valence-corrected chi connectivity index (χ3v) is 6.86. The first kappa shape index (κ1) is 24.1. The number of carbonyl (C=O) groups is 2. The highest BCUT2D eigenvalue weighted by molar-refractivity contribution is 14.1. The van der Waals surface area contributed by atoms with Gasteiger partial charge in [0, 0.05) is 31.8 Å². The quantitative estimate of drug-likeness (QED) is 0.426. The summed E-state index contributed by atoms with van der Waals surface area (Å²) in [6.07, 6.45) is 4.17. The number of hydrogen-bond acceptors (Lipinski definition) is 3. The summed E-state index contributed by atoms with van der Waals surface area (Å²) < 4.78 is 6.75. The van der Waals surface area contributed by atoms with Gasteiger partial charge in [0.1, 0.15) is 11.8 Å². The molecular weight excluding hydrogens is 550 g/mol. The normalized spacial score (nSPS) is 14.8. The van der Waals surface area contributed by atoms with Crippen LogP contribution in [0.5, 0.6) is 5.75 Å². The van der Waals surface area contributed by atoms with Gasteiger partial charge in [0.15, 0.2) is 6.61 Å². The van der Waals surface area contributed by atoms with E-state index in [-0.39, 0.29) is 31.0 Å². The third kappa shape index (κ3) is 6.73. The molecule has 0 heterocycles. The van der Waals surface area contributed by atoms with Crippen LogP contribution in [0.1, 0.15) is 38.2 Å². The summed E-state index contributed by atoms with van der Waals surface area (Å²) in [5, 5.41) is 3.97. The summed E-state index contributed by atoms with van der Waals surface area (Å²) in [5.74, 6) is 0.0915. The molecule has 2 aromatic rings. The summed E-state index contributed by atoms with van der Waals surface area (Å²) >= 11 is 14.9. The van der Waals surface area contributed by atoms with E-state index in [1.807, 2.05) is 12.1 Å². The van der Waals surface area contributed by atoms with Crippen LogP contribution in [0.3, 0.4) is 0 Å². The Morgan fingerprint density at radius 2 is 1.74 bits per heavy atom. The first-order valence-electron chi connectivity index (χ1n) is 10.3. The Morgan fingerprint density at radius 3 is 2.35 bits per heavy atom. The summed E-state index contributed by atoms with van der Waals surface area (Å²) in [4.78, 5) is 27.5. The average molecular weight is 575 g/mol. The van der Waals surface area contributed by atoms with Gasteiger partial charge in [0.2, 0.25) is 5.91 Å². The van der Waals surface area contributed by atoms with Gasteiger partial charge >= 0.3 is 0 Å². The van der Waals surface area contributed by atoms with Crippen molar-refractivity contribution < 1.29 is 14.3 Å². The molecule has 1 aliphatic rings. The Bertz CT molecular complexity index is 897. The van der Waals surface area contributed by atoms with Gasteiger partial charge in [-0.05, 0) is 78.8 Å². The first-order chi connectivity index (χ1) is 14.8. The van der Waals surface area contributed by atoms with Crippen LogP contribution in [-0.2, 0) is 16.1 Å². The van der Waals surface area contributed by atoms with Gasteiger partial charge in [-0.2, -0.15) is 0 Å². The number of ether oxygens (including phenoxy) is 1. The predicted molar refractivity (Wildman–Crippen MR) is 132 cm³/mol. The highest BCUT2D eigenvalue weighted by Gasteiger charge is 2.29. The number of rotatable bonds is 8. The molecule has 3 rings (SSSR count). The largest absolute Gasteiger partial charge is 0.484 e. The fourth-order valence-corrected chi connectivity index (χ4v) is 4.46. The first-order valence-corrected chi connectivity index (χ1v) is 12.1. The summed E-state index contributed by atoms with van der Waals surface area (Å²) in [6, 6.07) is 12.1. The Labute approximate surface area is 206 Å². The molecule has 31 heavy (non-hydrogen) atoms. The highest BCUT2D eigenvalue weighted by atomic mass is 127. The van der Waals surface area contributed by atoms with Crippen LogP contribution in [0.15, 0.2) is 42.5 Å². The van der Waals surface area contributed by atoms with E-state index in [4.69, 9.17) is 27.9 Å². The average Bonchev–Trinajstić information content (AvgIpc) is 3.25. The molecule has 0 aliphatic heterocycles. The Kier molecular flexibility index (Phi) is 8.86. The highest BCUT2D eigenvalue weighted by Crippen LogP contribution is 2.27. The molecule has 0 unspecified atom stereocenters. The van der Waals surface area contributed by atoms with Crippen LogP contribution in [0.2, 0.25) is 10.0 Å². The SMILES string of the molecule is C[C@H](C(=O)NC1CCCC1)N(Cc1c(Cl)cccc1Cl)C(=O)COc1ccc(I)cc1. The van der Waals surface area contributed by atoms with E-state index in [0.717, 1.165) is 29.3 Å². The smallest absolute Gasteiger partial charge is 0.261 e. The number of amides is 2. The molecule has 8 heteroatoms. The topological polar surface area (TPSA) is 58.6 Å². The second-order valence-electron chi connectivity index (χ2n) is 7.63. The maximum atomic E-state index is 13.1. The molecule has 2 aromatic carbocycles. The van der Waals surface area contributed by atoms with Crippen molar-refractivity contribution in [3.63, 3.8) is 0 Å². The van der Waals surface area contributed by atoms with E-state index >= 15 is 0 Å². The third-order valence-electron chi connectivity index (χ3n) is 5.43. The van der Waals surface area contributed by atoms with E-state index < -0.39 is 6.04 Å². The maximum Gasteiger partial charge on any atom is 0.261 e. The van der Waals surface area contributed by atoms with Gasteiger partial charge in [0.05, 0.1) is 0 Å². The number of halogens is 3. The molecule has 5 nitrogen and oxygen atoms in total. The number of carbonyl (C=O) groups excluding carboxylic acids is 2. The van der Waals surface area contributed by atoms with Crippen molar-refractivity contribution in [2.24, 2.45) is 0 Å². The fraction of sp³-hybridized carbons (Fsp3) is 0.391. The zero-order chi connectivity index (χ0) is 22.4. The minimum atomic E-state index is -0.694. The van der Waals surface area contributed by atoms with Crippen molar-refractivity contribution in [3.8, 4) is 5.75 Å². The van der Waals surface area contributed by atoms with Gasteiger partial charge < -0.3 is 15.0 Å². The maximum absolute atomic E-state index is 13.1. The number of hydrogen-bond donors (Lipinski definition) is 1. The lowest BCUT2D eigenvalue weighted by Gasteiger charge is -2.30. The summed E-state index contributed by atoms with van der Waals surface area (Å²) in [7, 11) is 0. The molecule has 0 radical (unpaired) electrons. The van der Waals surface area contributed by atoms with Crippen molar-refractivity contribution in [1.82, 2.24) is 10.2 Å². The fourth-order valence-electron chi connectivity index (χ4n) is 3.59. The van der Waals surface area contributed by atoms with Crippen molar-refractivity contribution in [3.05, 3.63) is 61.6 Å². The summed E-state index contributed by atoms with van der Waals surface area (Å²) in [5.41, 5.74) is 0.606. The van der Waals surface area contributed by atoms with E-state index in [9.17, 15) is 9.59 Å². The molecule has 166 valence electrons. The standard InChI is InChI=1S/C23H25Cl2IN2O3/c1-15(23(30)27-17-5-2-3-6-17)28(13-19-20(24)7-4-8-21(19)25)22(29)14-31-18-11-9-16(26)10-12-18/h4,7-12,15,17H,2-3,5-6,13-14H2,1H3,(H,27,30)/t15-/m1/s1. The monoisotopic (exact) mass is 574 g/mol. The van der Waals surface area contributed by atoms with Crippen molar-refractivity contribution in [1.29, 1.82) is 0 Å². The van der Waals surface area contributed by atoms with Gasteiger partial charge in [-0.15, -0.1) is 0 Å².